The second-order valence-corrected chi connectivity index (χ2v) is 9.70. The summed E-state index contributed by atoms with van der Waals surface area (Å²) in [6.45, 7) is 0.178. The maximum Gasteiger partial charge on any atom is 0.336 e. The summed E-state index contributed by atoms with van der Waals surface area (Å²) in [6, 6.07) is 7.68. The fraction of sp³-hybridized carbons (Fsp3) is 0.316. The van der Waals surface area contributed by atoms with Gasteiger partial charge in [0.15, 0.2) is 0 Å². The van der Waals surface area contributed by atoms with Crippen LogP contribution >= 0.6 is 0 Å². The number of nitrogens with zero attached hydrogens (tertiary/aromatic N) is 6. The summed E-state index contributed by atoms with van der Waals surface area (Å²) < 4.78 is 30.5. The van der Waals surface area contributed by atoms with Gasteiger partial charge >= 0.3 is 5.69 Å². The Labute approximate surface area is 172 Å². The summed E-state index contributed by atoms with van der Waals surface area (Å²) in [5.41, 5.74) is 1.03. The normalized spacial score (nSPS) is 20.7. The van der Waals surface area contributed by atoms with Crippen molar-refractivity contribution in [2.24, 2.45) is 0 Å². The zero-order chi connectivity index (χ0) is 21.4. The van der Waals surface area contributed by atoms with E-state index in [1.165, 1.54) is 27.5 Å². The maximum absolute atomic E-state index is 13.3. The van der Waals surface area contributed by atoms with Gasteiger partial charge < -0.3 is 5.11 Å². The van der Waals surface area contributed by atoms with Crippen molar-refractivity contribution < 1.29 is 13.5 Å². The van der Waals surface area contributed by atoms with Gasteiger partial charge in [-0.1, -0.05) is 0 Å². The molecule has 154 valence electrons. The van der Waals surface area contributed by atoms with Crippen molar-refractivity contribution in [1.82, 2.24) is 22.7 Å². The number of hydrogen-bond donors (Lipinski definition) is 1. The number of aromatic nitrogens is 3. The van der Waals surface area contributed by atoms with Gasteiger partial charge in [0.25, 0.3) is 10.2 Å². The summed E-state index contributed by atoms with van der Waals surface area (Å²) in [6.07, 6.45) is 2.00. The van der Waals surface area contributed by atoms with Gasteiger partial charge in [-0.25, -0.2) is 9.36 Å². The van der Waals surface area contributed by atoms with Crippen LogP contribution in [0.25, 0.3) is 16.6 Å². The molecular formula is C19H18N6O4S. The van der Waals surface area contributed by atoms with Gasteiger partial charge in [-0.3, -0.25) is 9.55 Å². The minimum absolute atomic E-state index is 0.178. The van der Waals surface area contributed by atoms with Crippen molar-refractivity contribution in [3.8, 4) is 17.6 Å². The van der Waals surface area contributed by atoms with Gasteiger partial charge in [-0.05, 0) is 30.7 Å². The molecule has 1 N–H and O–H groups in total. The van der Waals surface area contributed by atoms with Crippen LogP contribution in [0.5, 0.6) is 5.88 Å². The molecule has 2 aliphatic rings. The number of hydrogen-bond acceptors (Lipinski definition) is 6. The predicted octanol–water partition coefficient (Wildman–Crippen LogP) is 0.872. The molecule has 0 saturated carbocycles. The standard InChI is InChI=1S/C19H18N6O4S/c1-22(2)30(28,29)23-10-12-8-15(23)17-18(26)25(19(27)24(12)17)14-6-5-11(9-20)16-13(14)4-3-7-21-16/h3-7,12,15,26H,8,10H2,1-2H3/t12-,15?/m1/s1. The molecule has 0 spiro atoms. The number of nitriles is 1. The smallest absolute Gasteiger partial charge is 0.336 e. The molecule has 1 saturated heterocycles. The maximum atomic E-state index is 13.3. The summed E-state index contributed by atoms with van der Waals surface area (Å²) >= 11 is 0. The van der Waals surface area contributed by atoms with E-state index in [2.05, 4.69) is 11.1 Å². The number of rotatable bonds is 3. The van der Waals surface area contributed by atoms with Crippen molar-refractivity contribution in [3.63, 3.8) is 0 Å². The molecule has 10 nitrogen and oxygen atoms in total. The first kappa shape index (κ1) is 18.8. The lowest BCUT2D eigenvalue weighted by Crippen LogP contribution is -2.43. The lowest BCUT2D eigenvalue weighted by molar-refractivity contribution is 0.321. The molecule has 1 unspecified atom stereocenters. The highest BCUT2D eigenvalue weighted by Gasteiger charge is 2.52. The molecule has 1 aromatic carbocycles. The van der Waals surface area contributed by atoms with E-state index in [4.69, 9.17) is 0 Å². The Morgan fingerprint density at radius 2 is 2.07 bits per heavy atom. The van der Waals surface area contributed by atoms with Gasteiger partial charge in [0.2, 0.25) is 5.88 Å². The lowest BCUT2D eigenvalue weighted by atomic mass is 10.1. The van der Waals surface area contributed by atoms with Gasteiger partial charge in [-0.15, -0.1) is 0 Å². The van der Waals surface area contributed by atoms with Crippen LogP contribution in [-0.2, 0) is 10.2 Å². The van der Waals surface area contributed by atoms with E-state index in [-0.39, 0.29) is 18.5 Å². The third kappa shape index (κ3) is 2.26. The molecule has 2 aromatic heterocycles. The fourth-order valence-electron chi connectivity index (χ4n) is 4.53. The summed E-state index contributed by atoms with van der Waals surface area (Å²) in [5, 5.41) is 20.9. The van der Waals surface area contributed by atoms with E-state index in [0.717, 1.165) is 4.31 Å². The molecular weight excluding hydrogens is 408 g/mol. The van der Waals surface area contributed by atoms with Crippen molar-refractivity contribution in [3.05, 3.63) is 52.2 Å². The van der Waals surface area contributed by atoms with E-state index in [0.29, 0.717) is 34.3 Å². The molecule has 30 heavy (non-hydrogen) atoms. The molecule has 4 heterocycles. The minimum Gasteiger partial charge on any atom is -0.493 e. The largest absolute Gasteiger partial charge is 0.493 e. The highest BCUT2D eigenvalue weighted by molar-refractivity contribution is 7.86. The van der Waals surface area contributed by atoms with E-state index in [9.17, 15) is 23.6 Å². The Morgan fingerprint density at radius 3 is 2.77 bits per heavy atom. The Morgan fingerprint density at radius 1 is 1.30 bits per heavy atom. The van der Waals surface area contributed by atoms with Crippen LogP contribution in [0.4, 0.5) is 0 Å². The first-order valence-corrected chi connectivity index (χ1v) is 10.7. The topological polar surface area (TPSA) is 124 Å². The third-order valence-electron chi connectivity index (χ3n) is 5.88. The first-order valence-electron chi connectivity index (χ1n) is 9.31. The number of pyridine rings is 1. The zero-order valence-electron chi connectivity index (χ0n) is 16.2. The van der Waals surface area contributed by atoms with E-state index < -0.39 is 21.9 Å². The molecule has 1 fully saturated rings. The molecule has 3 aromatic rings. The highest BCUT2D eigenvalue weighted by Crippen LogP contribution is 2.50. The molecule has 2 atom stereocenters. The van der Waals surface area contributed by atoms with Crippen molar-refractivity contribution >= 4 is 21.1 Å². The second kappa shape index (κ2) is 6.15. The highest BCUT2D eigenvalue weighted by atomic mass is 32.2. The number of imidazole rings is 1. The van der Waals surface area contributed by atoms with Crippen LogP contribution in [0.1, 0.15) is 29.8 Å². The van der Waals surface area contributed by atoms with Crippen LogP contribution in [0, 0.1) is 11.3 Å². The van der Waals surface area contributed by atoms with Crippen molar-refractivity contribution in [2.45, 2.75) is 18.5 Å². The summed E-state index contributed by atoms with van der Waals surface area (Å²) in [5.74, 6) is -0.291. The molecule has 0 amide bonds. The summed E-state index contributed by atoms with van der Waals surface area (Å²) in [4.78, 5) is 17.5. The molecule has 2 aliphatic heterocycles. The zero-order valence-corrected chi connectivity index (χ0v) is 17.0. The van der Waals surface area contributed by atoms with Gasteiger partial charge in [0, 0.05) is 32.2 Å². The molecule has 11 heteroatoms. The van der Waals surface area contributed by atoms with Crippen LogP contribution in [0.15, 0.2) is 35.3 Å². The van der Waals surface area contributed by atoms with Gasteiger partial charge in [0.05, 0.1) is 28.9 Å². The van der Waals surface area contributed by atoms with Gasteiger partial charge in [-0.2, -0.15) is 22.3 Å². The SMILES string of the molecule is CN(C)S(=O)(=O)N1C[C@H]2CC1c1c(O)n(-c3ccc(C#N)c4ncccc34)c(=O)n12. The Kier molecular flexibility index (Phi) is 3.85. The van der Waals surface area contributed by atoms with Crippen LogP contribution in [-0.4, -0.2) is 56.9 Å². The average molecular weight is 426 g/mol. The average Bonchev–Trinajstić information content (AvgIpc) is 3.39. The minimum atomic E-state index is -3.69. The quantitative estimate of drug-likeness (QED) is 0.663. The van der Waals surface area contributed by atoms with Gasteiger partial charge in [0.1, 0.15) is 11.8 Å². The molecule has 2 bridgehead atoms. The van der Waals surface area contributed by atoms with Crippen LogP contribution in [0.3, 0.4) is 0 Å². The molecule has 0 aliphatic carbocycles. The molecule has 5 rings (SSSR count). The first-order chi connectivity index (χ1) is 14.3. The number of benzene rings is 1. The van der Waals surface area contributed by atoms with E-state index >= 15 is 0 Å². The van der Waals surface area contributed by atoms with Crippen LogP contribution in [0.2, 0.25) is 0 Å². The van der Waals surface area contributed by atoms with E-state index in [1.54, 1.807) is 30.5 Å². The number of aromatic hydroxyl groups is 1. The Balaban J connectivity index is 1.73. The van der Waals surface area contributed by atoms with E-state index in [1.807, 2.05) is 0 Å². The van der Waals surface area contributed by atoms with Crippen molar-refractivity contribution in [2.75, 3.05) is 20.6 Å². The van der Waals surface area contributed by atoms with Crippen molar-refractivity contribution in [1.29, 1.82) is 5.26 Å². The predicted molar refractivity (Wildman–Crippen MR) is 107 cm³/mol. The summed E-state index contributed by atoms with van der Waals surface area (Å²) in [7, 11) is -0.787. The number of fused-ring (bicyclic) bond motifs is 6. The Hall–Kier alpha value is -3.20. The molecule has 0 radical (unpaired) electrons. The van der Waals surface area contributed by atoms with Crippen LogP contribution < -0.4 is 5.69 Å². The fourth-order valence-corrected chi connectivity index (χ4v) is 5.82. The second-order valence-electron chi connectivity index (χ2n) is 7.61. The third-order valence-corrected chi connectivity index (χ3v) is 7.80. The Bertz CT molecular complexity index is 1420. The monoisotopic (exact) mass is 426 g/mol. The lowest BCUT2D eigenvalue weighted by Gasteiger charge is -2.29.